The van der Waals surface area contributed by atoms with Crippen LogP contribution < -0.4 is 11.5 Å². The number of para-hydroxylation sites is 1. The van der Waals surface area contributed by atoms with Crippen molar-refractivity contribution < 1.29 is 0 Å². The van der Waals surface area contributed by atoms with Gasteiger partial charge < -0.3 is 11.5 Å². The van der Waals surface area contributed by atoms with Crippen molar-refractivity contribution in [3.8, 4) is 0 Å². The summed E-state index contributed by atoms with van der Waals surface area (Å²) in [5.41, 5.74) is 13.4. The Morgan fingerprint density at radius 1 is 0.944 bits per heavy atom. The van der Waals surface area contributed by atoms with Crippen molar-refractivity contribution in [2.75, 3.05) is 13.1 Å². The van der Waals surface area contributed by atoms with Gasteiger partial charge in [-0.05, 0) is 38.1 Å². The number of hydrogen-bond acceptors (Lipinski definition) is 3. The third kappa shape index (κ3) is 3.42. The van der Waals surface area contributed by atoms with Crippen LogP contribution in [0.15, 0.2) is 36.4 Å². The first-order valence-corrected chi connectivity index (χ1v) is 6.11. The zero-order valence-electron chi connectivity index (χ0n) is 10.4. The quantitative estimate of drug-likeness (QED) is 0.873. The monoisotopic (exact) mass is 265 g/mol. The maximum absolute atomic E-state index is 5.64. The molecule has 0 radical (unpaired) electrons. The molecule has 1 heterocycles. The van der Waals surface area contributed by atoms with Crippen LogP contribution in [0.5, 0.6) is 0 Å². The molecule has 0 aliphatic carbocycles. The summed E-state index contributed by atoms with van der Waals surface area (Å²) < 4.78 is 0. The molecule has 0 saturated heterocycles. The molecule has 0 unspecified atom stereocenters. The Hall–Kier alpha value is -1.16. The Morgan fingerprint density at radius 2 is 1.61 bits per heavy atom. The number of nitrogens with two attached hydrogens (primary N) is 2. The molecule has 4 N–H and O–H groups in total. The predicted molar refractivity (Wildman–Crippen MR) is 79.1 cm³/mol. The summed E-state index contributed by atoms with van der Waals surface area (Å²) in [6, 6.07) is 12.4. The van der Waals surface area contributed by atoms with Gasteiger partial charge >= 0.3 is 0 Å². The minimum Gasteiger partial charge on any atom is -0.330 e. The molecule has 3 nitrogen and oxygen atoms in total. The summed E-state index contributed by atoms with van der Waals surface area (Å²) in [4.78, 5) is 4.70. The number of hydrogen-bond donors (Lipinski definition) is 2. The van der Waals surface area contributed by atoms with Crippen LogP contribution in [0.25, 0.3) is 10.9 Å². The van der Waals surface area contributed by atoms with E-state index >= 15 is 0 Å². The summed E-state index contributed by atoms with van der Waals surface area (Å²) in [5.74, 6) is 0.384. The highest BCUT2D eigenvalue weighted by atomic mass is 35.5. The molecule has 1 aromatic carbocycles. The summed E-state index contributed by atoms with van der Waals surface area (Å²) in [5, 5.41) is 1.18. The minimum absolute atomic E-state index is 0. The van der Waals surface area contributed by atoms with Crippen LogP contribution in [0.2, 0.25) is 0 Å². The summed E-state index contributed by atoms with van der Waals surface area (Å²) >= 11 is 0. The van der Waals surface area contributed by atoms with E-state index < -0.39 is 0 Å². The fraction of sp³-hybridized carbons (Fsp3) is 0.357. The van der Waals surface area contributed by atoms with Gasteiger partial charge in [0.15, 0.2) is 0 Å². The molecule has 0 aliphatic rings. The van der Waals surface area contributed by atoms with E-state index in [4.69, 9.17) is 16.5 Å². The van der Waals surface area contributed by atoms with Gasteiger partial charge in [0, 0.05) is 17.0 Å². The van der Waals surface area contributed by atoms with E-state index in [1.165, 1.54) is 5.39 Å². The number of rotatable bonds is 5. The van der Waals surface area contributed by atoms with Crippen LogP contribution in [0.1, 0.15) is 24.5 Å². The molecule has 0 bridgehead atoms. The maximum atomic E-state index is 5.64. The lowest BCUT2D eigenvalue weighted by Gasteiger charge is -2.15. The number of halogens is 1. The van der Waals surface area contributed by atoms with E-state index in [1.807, 2.05) is 18.2 Å². The zero-order valence-corrected chi connectivity index (χ0v) is 11.2. The first-order chi connectivity index (χ1) is 8.35. The number of benzene rings is 1. The van der Waals surface area contributed by atoms with Gasteiger partial charge in [-0.1, -0.05) is 24.3 Å². The molecule has 2 rings (SSSR count). The number of nitrogens with zero attached hydrogens (tertiary/aromatic N) is 1. The van der Waals surface area contributed by atoms with Gasteiger partial charge in [0.05, 0.1) is 5.52 Å². The predicted octanol–water partition coefficient (Wildman–Crippen LogP) is 2.44. The molecule has 0 aliphatic heterocycles. The first-order valence-electron chi connectivity index (χ1n) is 6.11. The van der Waals surface area contributed by atoms with Crippen molar-refractivity contribution in [1.82, 2.24) is 4.98 Å². The number of fused-ring (bicyclic) bond motifs is 1. The molecule has 1 aromatic heterocycles. The normalized spacial score (nSPS) is 10.6. The average molecular weight is 266 g/mol. The van der Waals surface area contributed by atoms with E-state index in [0.717, 1.165) is 24.1 Å². The number of aromatic nitrogens is 1. The second-order valence-electron chi connectivity index (χ2n) is 4.28. The van der Waals surface area contributed by atoms with E-state index in [1.54, 1.807) is 0 Å². The average Bonchev–Trinajstić information content (AvgIpc) is 2.38. The van der Waals surface area contributed by atoms with Crippen LogP contribution in [0.4, 0.5) is 0 Å². The second kappa shape index (κ2) is 7.31. The van der Waals surface area contributed by atoms with Crippen molar-refractivity contribution in [2.24, 2.45) is 11.5 Å². The molecule has 98 valence electrons. The molecule has 0 saturated carbocycles. The molecule has 0 amide bonds. The van der Waals surface area contributed by atoms with Gasteiger partial charge in [-0.25, -0.2) is 0 Å². The summed E-state index contributed by atoms with van der Waals surface area (Å²) in [6.45, 7) is 1.36. The molecule has 2 aromatic rings. The van der Waals surface area contributed by atoms with Gasteiger partial charge in [0.2, 0.25) is 0 Å². The highest BCUT2D eigenvalue weighted by molar-refractivity contribution is 5.85. The van der Waals surface area contributed by atoms with Crippen molar-refractivity contribution in [3.63, 3.8) is 0 Å². The fourth-order valence-electron chi connectivity index (χ4n) is 2.15. The number of pyridine rings is 1. The molecule has 18 heavy (non-hydrogen) atoms. The van der Waals surface area contributed by atoms with Gasteiger partial charge in [-0.3, -0.25) is 4.98 Å². The highest BCUT2D eigenvalue weighted by Crippen LogP contribution is 2.23. The Kier molecular flexibility index (Phi) is 6.05. The Labute approximate surface area is 114 Å². The highest BCUT2D eigenvalue weighted by Gasteiger charge is 2.11. The second-order valence-corrected chi connectivity index (χ2v) is 4.28. The molecule has 0 fully saturated rings. The lowest BCUT2D eigenvalue weighted by molar-refractivity contribution is 0.579. The van der Waals surface area contributed by atoms with Gasteiger partial charge in [0.1, 0.15) is 0 Å². The summed E-state index contributed by atoms with van der Waals surface area (Å²) in [7, 11) is 0. The van der Waals surface area contributed by atoms with Crippen LogP contribution in [0, 0.1) is 0 Å². The van der Waals surface area contributed by atoms with Crippen molar-refractivity contribution in [2.45, 2.75) is 18.8 Å². The van der Waals surface area contributed by atoms with Crippen molar-refractivity contribution in [3.05, 3.63) is 42.1 Å². The van der Waals surface area contributed by atoms with Gasteiger partial charge in [-0.2, -0.15) is 0 Å². The standard InChI is InChI=1S/C14H19N3.ClH/c15-9-7-12(8-10-16)14-6-5-11-3-1-2-4-13(11)17-14;/h1-6,12H,7-10,15-16H2;1H. The van der Waals surface area contributed by atoms with Crippen LogP contribution in [-0.4, -0.2) is 18.1 Å². The van der Waals surface area contributed by atoms with Crippen LogP contribution >= 0.6 is 12.4 Å². The van der Waals surface area contributed by atoms with E-state index in [9.17, 15) is 0 Å². The fourth-order valence-corrected chi connectivity index (χ4v) is 2.15. The largest absolute Gasteiger partial charge is 0.330 e. The van der Waals surface area contributed by atoms with Crippen molar-refractivity contribution in [1.29, 1.82) is 0 Å². The Bertz CT molecular complexity index is 481. The SMILES string of the molecule is Cl.NCCC(CCN)c1ccc2ccccc2n1. The van der Waals surface area contributed by atoms with Crippen LogP contribution in [-0.2, 0) is 0 Å². The molecule has 4 heteroatoms. The lowest BCUT2D eigenvalue weighted by atomic mass is 9.96. The third-order valence-electron chi connectivity index (χ3n) is 3.07. The zero-order chi connectivity index (χ0) is 12.1. The molecular weight excluding hydrogens is 246 g/mol. The topological polar surface area (TPSA) is 64.9 Å². The molecule has 0 atom stereocenters. The van der Waals surface area contributed by atoms with E-state index in [0.29, 0.717) is 19.0 Å². The van der Waals surface area contributed by atoms with E-state index in [-0.39, 0.29) is 12.4 Å². The molecular formula is C14H20ClN3. The summed E-state index contributed by atoms with van der Waals surface area (Å²) in [6.07, 6.45) is 1.89. The lowest BCUT2D eigenvalue weighted by Crippen LogP contribution is -2.13. The van der Waals surface area contributed by atoms with Gasteiger partial charge in [-0.15, -0.1) is 12.4 Å². The Morgan fingerprint density at radius 3 is 2.28 bits per heavy atom. The van der Waals surface area contributed by atoms with Crippen LogP contribution in [0.3, 0.4) is 0 Å². The first kappa shape index (κ1) is 14.9. The molecule has 0 spiro atoms. The maximum Gasteiger partial charge on any atom is 0.0705 e. The third-order valence-corrected chi connectivity index (χ3v) is 3.07. The van der Waals surface area contributed by atoms with E-state index in [2.05, 4.69) is 18.2 Å². The smallest absolute Gasteiger partial charge is 0.0705 e. The van der Waals surface area contributed by atoms with Gasteiger partial charge in [0.25, 0.3) is 0 Å². The Balaban J connectivity index is 0.00000162. The minimum atomic E-state index is 0. The van der Waals surface area contributed by atoms with Crippen molar-refractivity contribution >= 4 is 23.3 Å².